The van der Waals surface area contributed by atoms with Crippen molar-refractivity contribution in [2.24, 2.45) is 7.05 Å². The second-order valence-corrected chi connectivity index (χ2v) is 4.08. The van der Waals surface area contributed by atoms with E-state index in [0.29, 0.717) is 17.0 Å². The minimum absolute atomic E-state index is 0.0411. The number of amides is 1. The predicted octanol–water partition coefficient (Wildman–Crippen LogP) is 0.953. The van der Waals surface area contributed by atoms with Crippen molar-refractivity contribution in [3.8, 4) is 6.07 Å². The average molecular weight is 259 g/mol. The van der Waals surface area contributed by atoms with E-state index in [1.165, 1.54) is 12.3 Å². The Hall–Kier alpha value is -2.52. The summed E-state index contributed by atoms with van der Waals surface area (Å²) in [5.41, 5.74) is 0.780. The highest BCUT2D eigenvalue weighted by atomic mass is 16.4. The molecule has 0 aliphatic rings. The van der Waals surface area contributed by atoms with Gasteiger partial charge in [0, 0.05) is 13.2 Å². The summed E-state index contributed by atoms with van der Waals surface area (Å²) in [4.78, 5) is 11.9. The average Bonchev–Trinajstić information content (AvgIpc) is 3.04. The molecule has 2 N–H and O–H groups in total. The van der Waals surface area contributed by atoms with Crippen molar-refractivity contribution in [1.82, 2.24) is 9.88 Å². The van der Waals surface area contributed by atoms with E-state index in [4.69, 9.17) is 9.68 Å². The van der Waals surface area contributed by atoms with Gasteiger partial charge in [-0.1, -0.05) is 0 Å². The Morgan fingerprint density at radius 1 is 1.68 bits per heavy atom. The first-order valence-corrected chi connectivity index (χ1v) is 5.68. The Morgan fingerprint density at radius 3 is 3.05 bits per heavy atom. The molecular weight excluding hydrogens is 246 g/mol. The number of nitrogens with one attached hydrogen (secondary N) is 1. The summed E-state index contributed by atoms with van der Waals surface area (Å²) in [5, 5.41) is 21.1. The first-order chi connectivity index (χ1) is 9.11. The van der Waals surface area contributed by atoms with Crippen LogP contribution in [0, 0.1) is 11.3 Å². The van der Waals surface area contributed by atoms with Crippen molar-refractivity contribution < 1.29 is 14.3 Å². The van der Waals surface area contributed by atoms with Crippen LogP contribution in [0.1, 0.15) is 27.9 Å². The molecule has 0 saturated carbocycles. The molecule has 2 heterocycles. The van der Waals surface area contributed by atoms with Crippen LogP contribution in [0.15, 0.2) is 35.1 Å². The Morgan fingerprint density at radius 2 is 2.47 bits per heavy atom. The molecule has 0 aliphatic carbocycles. The highest BCUT2D eigenvalue weighted by molar-refractivity contribution is 5.93. The minimum Gasteiger partial charge on any atom is -0.467 e. The van der Waals surface area contributed by atoms with Crippen molar-refractivity contribution in [3.63, 3.8) is 0 Å². The molecular formula is C13H13N3O3. The van der Waals surface area contributed by atoms with E-state index in [2.05, 4.69) is 5.32 Å². The predicted molar refractivity (Wildman–Crippen MR) is 66.1 cm³/mol. The van der Waals surface area contributed by atoms with Crippen LogP contribution < -0.4 is 5.32 Å². The summed E-state index contributed by atoms with van der Waals surface area (Å²) in [6, 6.07) is 6.76. The zero-order valence-electron chi connectivity index (χ0n) is 10.3. The Bertz CT molecular complexity index is 608. The number of aromatic nitrogens is 1. The lowest BCUT2D eigenvalue weighted by atomic mass is 10.2. The first kappa shape index (κ1) is 12.9. The van der Waals surface area contributed by atoms with Gasteiger partial charge in [-0.15, -0.1) is 0 Å². The number of nitriles is 1. The fourth-order valence-electron chi connectivity index (χ4n) is 1.71. The third-order valence-electron chi connectivity index (χ3n) is 2.69. The van der Waals surface area contributed by atoms with Gasteiger partial charge in [-0.2, -0.15) is 5.26 Å². The van der Waals surface area contributed by atoms with E-state index in [-0.39, 0.29) is 12.5 Å². The van der Waals surface area contributed by atoms with Crippen LogP contribution in [0.3, 0.4) is 0 Å². The van der Waals surface area contributed by atoms with Crippen molar-refractivity contribution in [2.45, 2.75) is 6.10 Å². The quantitative estimate of drug-likeness (QED) is 0.855. The second-order valence-electron chi connectivity index (χ2n) is 4.08. The fourth-order valence-corrected chi connectivity index (χ4v) is 1.71. The smallest absolute Gasteiger partial charge is 0.268 e. The van der Waals surface area contributed by atoms with Crippen molar-refractivity contribution in [3.05, 3.63) is 47.7 Å². The highest BCUT2D eigenvalue weighted by Gasteiger charge is 2.15. The summed E-state index contributed by atoms with van der Waals surface area (Å²) in [6.07, 6.45) is 2.13. The molecule has 98 valence electrons. The number of hydrogen-bond donors (Lipinski definition) is 2. The van der Waals surface area contributed by atoms with E-state index in [1.54, 1.807) is 29.9 Å². The molecule has 2 rings (SSSR count). The molecule has 0 radical (unpaired) electrons. The molecule has 0 bridgehead atoms. The molecule has 2 aromatic heterocycles. The maximum atomic E-state index is 11.9. The number of aryl methyl sites for hydroxylation is 1. The maximum absolute atomic E-state index is 11.9. The maximum Gasteiger partial charge on any atom is 0.268 e. The topological polar surface area (TPSA) is 91.2 Å². The second kappa shape index (κ2) is 5.42. The zero-order valence-corrected chi connectivity index (χ0v) is 10.3. The molecule has 0 spiro atoms. The Balaban J connectivity index is 1.98. The van der Waals surface area contributed by atoms with Crippen LogP contribution in [0.25, 0.3) is 0 Å². The number of carbonyl (C=O) groups excluding carboxylic acids is 1. The third kappa shape index (κ3) is 2.84. The number of carbonyl (C=O) groups is 1. The largest absolute Gasteiger partial charge is 0.467 e. The zero-order chi connectivity index (χ0) is 13.8. The van der Waals surface area contributed by atoms with Crippen molar-refractivity contribution >= 4 is 5.91 Å². The summed E-state index contributed by atoms with van der Waals surface area (Å²) in [5.74, 6) is 0.0412. The number of aliphatic hydroxyl groups excluding tert-OH is 1. The SMILES string of the molecule is Cn1cc(C#N)cc1C(=O)NCC(O)c1ccco1. The minimum atomic E-state index is -0.894. The van der Waals surface area contributed by atoms with Gasteiger partial charge in [-0.05, 0) is 18.2 Å². The van der Waals surface area contributed by atoms with Gasteiger partial charge >= 0.3 is 0 Å². The number of aliphatic hydroxyl groups is 1. The van der Waals surface area contributed by atoms with Gasteiger partial charge < -0.3 is 19.4 Å². The molecule has 0 aliphatic heterocycles. The molecule has 0 saturated heterocycles. The number of furan rings is 1. The molecule has 1 amide bonds. The third-order valence-corrected chi connectivity index (χ3v) is 2.69. The molecule has 19 heavy (non-hydrogen) atoms. The normalized spacial score (nSPS) is 11.8. The van der Waals surface area contributed by atoms with Gasteiger partial charge in [0.1, 0.15) is 23.6 Å². The number of rotatable bonds is 4. The summed E-state index contributed by atoms with van der Waals surface area (Å²) < 4.78 is 6.59. The highest BCUT2D eigenvalue weighted by Crippen LogP contribution is 2.12. The lowest BCUT2D eigenvalue weighted by Gasteiger charge is -2.09. The summed E-state index contributed by atoms with van der Waals surface area (Å²) in [6.45, 7) is 0.0411. The van der Waals surface area contributed by atoms with E-state index in [9.17, 15) is 9.90 Å². The Labute approximate surface area is 109 Å². The molecule has 0 aromatic carbocycles. The van der Waals surface area contributed by atoms with Crippen LogP contribution >= 0.6 is 0 Å². The van der Waals surface area contributed by atoms with Gasteiger partial charge in [0.05, 0.1) is 18.4 Å². The van der Waals surface area contributed by atoms with E-state index in [1.807, 2.05) is 6.07 Å². The van der Waals surface area contributed by atoms with E-state index < -0.39 is 6.10 Å². The standard InChI is InChI=1S/C13H13N3O3/c1-16-8-9(6-14)5-10(16)13(18)15-7-11(17)12-3-2-4-19-12/h2-5,8,11,17H,7H2,1H3,(H,15,18). The molecule has 1 atom stereocenters. The lowest BCUT2D eigenvalue weighted by Crippen LogP contribution is -2.29. The fraction of sp³-hybridized carbons (Fsp3) is 0.231. The summed E-state index contributed by atoms with van der Waals surface area (Å²) in [7, 11) is 1.68. The first-order valence-electron chi connectivity index (χ1n) is 5.68. The van der Waals surface area contributed by atoms with Crippen LogP contribution in [0.5, 0.6) is 0 Å². The van der Waals surface area contributed by atoms with Gasteiger partial charge in [-0.3, -0.25) is 4.79 Å². The van der Waals surface area contributed by atoms with Gasteiger partial charge in [0.25, 0.3) is 5.91 Å². The van der Waals surface area contributed by atoms with E-state index in [0.717, 1.165) is 0 Å². The van der Waals surface area contributed by atoms with Crippen LogP contribution in [0.4, 0.5) is 0 Å². The van der Waals surface area contributed by atoms with Crippen LogP contribution in [-0.4, -0.2) is 22.1 Å². The molecule has 6 nitrogen and oxygen atoms in total. The number of nitrogens with zero attached hydrogens (tertiary/aromatic N) is 2. The van der Waals surface area contributed by atoms with Gasteiger partial charge in [0.2, 0.25) is 0 Å². The van der Waals surface area contributed by atoms with Gasteiger partial charge in [0.15, 0.2) is 0 Å². The van der Waals surface area contributed by atoms with Crippen LogP contribution in [-0.2, 0) is 7.05 Å². The molecule has 2 aromatic rings. The molecule has 6 heteroatoms. The Kier molecular flexibility index (Phi) is 3.68. The van der Waals surface area contributed by atoms with Crippen molar-refractivity contribution in [2.75, 3.05) is 6.54 Å². The van der Waals surface area contributed by atoms with Crippen molar-refractivity contribution in [1.29, 1.82) is 5.26 Å². The lowest BCUT2D eigenvalue weighted by molar-refractivity contribution is 0.0893. The number of hydrogen-bond acceptors (Lipinski definition) is 4. The van der Waals surface area contributed by atoms with Crippen LogP contribution in [0.2, 0.25) is 0 Å². The monoisotopic (exact) mass is 259 g/mol. The van der Waals surface area contributed by atoms with E-state index >= 15 is 0 Å². The summed E-state index contributed by atoms with van der Waals surface area (Å²) >= 11 is 0. The molecule has 1 unspecified atom stereocenters. The van der Waals surface area contributed by atoms with Gasteiger partial charge in [-0.25, -0.2) is 0 Å². The molecule has 0 fully saturated rings.